The molecule has 0 amide bonds. The highest BCUT2D eigenvalue weighted by molar-refractivity contribution is 5.29. The fraction of sp³-hybridized carbons (Fsp3) is 0.353. The smallest absolute Gasteiger partial charge is 0.248 e. The monoisotopic (exact) mass is 284 g/mol. The number of aromatic amines is 1. The van der Waals surface area contributed by atoms with Crippen molar-refractivity contribution in [3.05, 3.63) is 63.6 Å². The van der Waals surface area contributed by atoms with Crippen molar-refractivity contribution in [1.82, 2.24) is 10.3 Å². The molecule has 21 heavy (non-hydrogen) atoms. The van der Waals surface area contributed by atoms with Gasteiger partial charge in [-0.1, -0.05) is 18.2 Å². The number of aromatic nitrogens is 1. The lowest BCUT2D eigenvalue weighted by Gasteiger charge is -2.26. The van der Waals surface area contributed by atoms with Gasteiger partial charge >= 0.3 is 0 Å². The van der Waals surface area contributed by atoms with Crippen molar-refractivity contribution < 1.29 is 4.74 Å². The lowest BCUT2D eigenvalue weighted by molar-refractivity contribution is 0.413. The number of fused-ring (bicyclic) bond motifs is 1. The molecule has 4 nitrogen and oxygen atoms in total. The van der Waals surface area contributed by atoms with E-state index in [0.717, 1.165) is 37.3 Å². The van der Waals surface area contributed by atoms with Gasteiger partial charge in [0.2, 0.25) is 5.56 Å². The van der Waals surface area contributed by atoms with Crippen LogP contribution in [0.3, 0.4) is 0 Å². The van der Waals surface area contributed by atoms with Gasteiger partial charge in [-0.25, -0.2) is 0 Å². The summed E-state index contributed by atoms with van der Waals surface area (Å²) in [5.41, 5.74) is 3.49. The van der Waals surface area contributed by atoms with Crippen molar-refractivity contribution in [3.63, 3.8) is 0 Å². The molecule has 1 unspecified atom stereocenters. The van der Waals surface area contributed by atoms with Crippen molar-refractivity contribution in [2.75, 3.05) is 7.11 Å². The molecule has 110 valence electrons. The molecule has 3 rings (SSSR count). The van der Waals surface area contributed by atoms with Crippen molar-refractivity contribution >= 4 is 0 Å². The van der Waals surface area contributed by atoms with Gasteiger partial charge in [0.15, 0.2) is 0 Å². The predicted octanol–water partition coefficient (Wildman–Crippen LogP) is 2.55. The summed E-state index contributed by atoms with van der Waals surface area (Å²) in [5, 5.41) is 3.59. The average molecular weight is 284 g/mol. The van der Waals surface area contributed by atoms with Gasteiger partial charge in [0.1, 0.15) is 5.75 Å². The van der Waals surface area contributed by atoms with Crippen molar-refractivity contribution in [2.45, 2.75) is 31.8 Å². The van der Waals surface area contributed by atoms with Crippen LogP contribution in [0.5, 0.6) is 5.75 Å². The van der Waals surface area contributed by atoms with E-state index in [1.165, 1.54) is 11.1 Å². The molecule has 2 N–H and O–H groups in total. The first kappa shape index (κ1) is 13.9. The molecule has 1 aliphatic carbocycles. The average Bonchev–Trinajstić information content (AvgIpc) is 2.52. The number of H-pyrrole nitrogens is 1. The largest absolute Gasteiger partial charge is 0.497 e. The standard InChI is InChI=1S/C17H20N2O2/c1-21-13-5-2-4-12(10-13)11-18-15-6-3-7-16-14(15)8-9-17(20)19-16/h2,4-5,8-10,15,18H,3,6-7,11H2,1H3,(H,19,20). The first-order valence-electron chi connectivity index (χ1n) is 7.34. The van der Waals surface area contributed by atoms with E-state index in [4.69, 9.17) is 4.74 Å². The minimum atomic E-state index is -0.0119. The Kier molecular flexibility index (Phi) is 4.06. The van der Waals surface area contributed by atoms with E-state index in [1.54, 1.807) is 13.2 Å². The summed E-state index contributed by atoms with van der Waals surface area (Å²) in [6, 6.07) is 12.0. The number of aryl methyl sites for hydroxylation is 1. The lowest BCUT2D eigenvalue weighted by Crippen LogP contribution is -2.27. The summed E-state index contributed by atoms with van der Waals surface area (Å²) in [6.07, 6.45) is 3.16. The van der Waals surface area contributed by atoms with Gasteiger partial charge in [0.25, 0.3) is 0 Å². The zero-order chi connectivity index (χ0) is 14.7. The Labute approximate surface area is 124 Å². The van der Waals surface area contributed by atoms with Gasteiger partial charge in [-0.3, -0.25) is 4.79 Å². The van der Waals surface area contributed by atoms with Crippen LogP contribution in [-0.2, 0) is 13.0 Å². The molecule has 0 radical (unpaired) electrons. The van der Waals surface area contributed by atoms with Crippen molar-refractivity contribution in [1.29, 1.82) is 0 Å². The van der Waals surface area contributed by atoms with Crippen LogP contribution in [0.15, 0.2) is 41.2 Å². The number of pyridine rings is 1. The van der Waals surface area contributed by atoms with Crippen molar-refractivity contribution in [3.8, 4) is 5.75 Å². The van der Waals surface area contributed by atoms with E-state index in [2.05, 4.69) is 16.4 Å². The summed E-state index contributed by atoms with van der Waals surface area (Å²) in [7, 11) is 1.68. The molecule has 0 saturated carbocycles. The number of benzene rings is 1. The van der Waals surface area contributed by atoms with E-state index >= 15 is 0 Å². The highest BCUT2D eigenvalue weighted by Crippen LogP contribution is 2.27. The first-order valence-corrected chi connectivity index (χ1v) is 7.34. The van der Waals surface area contributed by atoms with Gasteiger partial charge in [-0.2, -0.15) is 0 Å². The van der Waals surface area contributed by atoms with Crippen LogP contribution in [0.4, 0.5) is 0 Å². The van der Waals surface area contributed by atoms with E-state index in [9.17, 15) is 4.79 Å². The molecule has 0 fully saturated rings. The van der Waals surface area contributed by atoms with Crippen LogP contribution in [-0.4, -0.2) is 12.1 Å². The maximum absolute atomic E-state index is 11.4. The molecule has 1 heterocycles. The highest BCUT2D eigenvalue weighted by atomic mass is 16.5. The van der Waals surface area contributed by atoms with Crippen LogP contribution in [0.1, 0.15) is 35.7 Å². The molecule has 1 aromatic carbocycles. The third kappa shape index (κ3) is 3.16. The van der Waals surface area contributed by atoms with E-state index < -0.39 is 0 Å². The summed E-state index contributed by atoms with van der Waals surface area (Å²) >= 11 is 0. The Bertz CT molecular complexity index is 678. The topological polar surface area (TPSA) is 54.1 Å². The molecular formula is C17H20N2O2. The zero-order valence-electron chi connectivity index (χ0n) is 12.2. The van der Waals surface area contributed by atoms with Gasteiger partial charge in [-0.15, -0.1) is 0 Å². The lowest BCUT2D eigenvalue weighted by atomic mass is 9.91. The molecule has 1 aromatic heterocycles. The maximum Gasteiger partial charge on any atom is 0.248 e. The number of ether oxygens (including phenoxy) is 1. The van der Waals surface area contributed by atoms with Gasteiger partial charge in [-0.05, 0) is 42.5 Å². The third-order valence-electron chi connectivity index (χ3n) is 4.02. The quantitative estimate of drug-likeness (QED) is 0.907. The van der Waals surface area contributed by atoms with Crippen LogP contribution in [0.25, 0.3) is 0 Å². The Morgan fingerprint density at radius 1 is 1.33 bits per heavy atom. The number of rotatable bonds is 4. The first-order chi connectivity index (χ1) is 10.3. The number of nitrogens with one attached hydrogen (secondary N) is 2. The highest BCUT2D eigenvalue weighted by Gasteiger charge is 2.20. The predicted molar refractivity (Wildman–Crippen MR) is 82.6 cm³/mol. The van der Waals surface area contributed by atoms with Crippen LogP contribution in [0.2, 0.25) is 0 Å². The van der Waals surface area contributed by atoms with Gasteiger partial charge in [0.05, 0.1) is 7.11 Å². The molecular weight excluding hydrogens is 264 g/mol. The Balaban J connectivity index is 1.73. The number of hydrogen-bond acceptors (Lipinski definition) is 3. The molecule has 0 spiro atoms. The normalized spacial score (nSPS) is 17.3. The summed E-state index contributed by atoms with van der Waals surface area (Å²) in [4.78, 5) is 14.4. The van der Waals surface area contributed by atoms with Crippen LogP contribution in [0, 0.1) is 0 Å². The second-order valence-corrected chi connectivity index (χ2v) is 5.43. The number of hydrogen-bond donors (Lipinski definition) is 2. The Morgan fingerprint density at radius 2 is 2.24 bits per heavy atom. The fourth-order valence-corrected chi connectivity index (χ4v) is 2.94. The summed E-state index contributed by atoms with van der Waals surface area (Å²) in [5.74, 6) is 0.877. The zero-order valence-corrected chi connectivity index (χ0v) is 12.2. The van der Waals surface area contributed by atoms with E-state index in [-0.39, 0.29) is 5.56 Å². The maximum atomic E-state index is 11.4. The fourth-order valence-electron chi connectivity index (χ4n) is 2.94. The summed E-state index contributed by atoms with van der Waals surface area (Å²) < 4.78 is 5.25. The van der Waals surface area contributed by atoms with Crippen LogP contribution >= 0.6 is 0 Å². The second kappa shape index (κ2) is 6.14. The van der Waals surface area contributed by atoms with E-state index in [0.29, 0.717) is 6.04 Å². The third-order valence-corrected chi connectivity index (χ3v) is 4.02. The molecule has 1 aliphatic rings. The Hall–Kier alpha value is -2.07. The minimum absolute atomic E-state index is 0.0119. The molecule has 4 heteroatoms. The molecule has 1 atom stereocenters. The molecule has 0 aliphatic heterocycles. The second-order valence-electron chi connectivity index (χ2n) is 5.43. The molecule has 2 aromatic rings. The Morgan fingerprint density at radius 3 is 3.10 bits per heavy atom. The molecule has 0 saturated heterocycles. The SMILES string of the molecule is COc1cccc(CNC2CCCc3[nH]c(=O)ccc32)c1. The summed E-state index contributed by atoms with van der Waals surface area (Å²) in [6.45, 7) is 0.792. The van der Waals surface area contributed by atoms with Crippen molar-refractivity contribution in [2.24, 2.45) is 0 Å². The molecule has 0 bridgehead atoms. The van der Waals surface area contributed by atoms with Gasteiger partial charge < -0.3 is 15.0 Å². The number of methoxy groups -OCH3 is 1. The minimum Gasteiger partial charge on any atom is -0.497 e. The van der Waals surface area contributed by atoms with Gasteiger partial charge in [0, 0.05) is 24.3 Å². The van der Waals surface area contributed by atoms with E-state index in [1.807, 2.05) is 24.3 Å². The van der Waals surface area contributed by atoms with Crippen LogP contribution < -0.4 is 15.6 Å².